The Morgan fingerprint density at radius 3 is 2.65 bits per heavy atom. The first kappa shape index (κ1) is 25.1. The van der Waals surface area contributed by atoms with E-state index < -0.39 is 15.9 Å². The van der Waals surface area contributed by atoms with E-state index in [4.69, 9.17) is 16.3 Å². The van der Waals surface area contributed by atoms with Gasteiger partial charge in [0.2, 0.25) is 10.0 Å². The molecule has 0 radical (unpaired) electrons. The fourth-order valence-electron chi connectivity index (χ4n) is 4.23. The Morgan fingerprint density at radius 1 is 1.24 bits per heavy atom. The van der Waals surface area contributed by atoms with Gasteiger partial charge in [0.25, 0.3) is 5.91 Å². The summed E-state index contributed by atoms with van der Waals surface area (Å²) in [5.41, 5.74) is 2.18. The van der Waals surface area contributed by atoms with Crippen LogP contribution in [0.15, 0.2) is 46.3 Å². The topological polar surface area (TPSA) is 81.0 Å². The molecule has 1 aliphatic heterocycles. The summed E-state index contributed by atoms with van der Waals surface area (Å²) in [6.45, 7) is 6.03. The number of carbonyl (C=O) groups is 1. The molecule has 1 unspecified atom stereocenters. The molecule has 1 aromatic heterocycles. The number of hydrogen-bond donors (Lipinski definition) is 0. The van der Waals surface area contributed by atoms with Gasteiger partial charge in [0.05, 0.1) is 21.7 Å². The van der Waals surface area contributed by atoms with Gasteiger partial charge in [-0.3, -0.25) is 4.79 Å². The molecule has 3 aromatic rings. The zero-order valence-corrected chi connectivity index (χ0v) is 21.8. The smallest absolute Gasteiger partial charge is 0.279 e. The summed E-state index contributed by atoms with van der Waals surface area (Å²) in [5, 5.41) is 0.647. The van der Waals surface area contributed by atoms with E-state index in [1.807, 2.05) is 23.6 Å². The van der Waals surface area contributed by atoms with Crippen LogP contribution in [0.2, 0.25) is 5.02 Å². The van der Waals surface area contributed by atoms with Crippen molar-refractivity contribution in [1.29, 1.82) is 0 Å². The molecule has 1 aliphatic rings. The van der Waals surface area contributed by atoms with Crippen molar-refractivity contribution >= 4 is 49.1 Å². The van der Waals surface area contributed by atoms with Gasteiger partial charge in [-0.1, -0.05) is 29.9 Å². The van der Waals surface area contributed by atoms with Crippen LogP contribution in [0.25, 0.3) is 10.2 Å². The lowest BCUT2D eigenvalue weighted by molar-refractivity contribution is 0.0997. The van der Waals surface area contributed by atoms with Crippen LogP contribution in [-0.4, -0.2) is 50.0 Å². The zero-order chi connectivity index (χ0) is 24.5. The minimum atomic E-state index is -3.58. The standard InChI is InChI=1S/C24H28ClN3O4S2/c1-16-5-4-12-27(15-16)34(30,31)19-8-6-18(7-9-19)23(29)26-24-28(13-14-32-3)22-17(2)20(25)10-11-21(22)33-24/h6-11,16H,4-5,12-15H2,1-3H3. The molecule has 0 aliphatic carbocycles. The molecule has 4 rings (SSSR count). The minimum absolute atomic E-state index is 0.195. The number of hydrogen-bond acceptors (Lipinski definition) is 5. The quantitative estimate of drug-likeness (QED) is 0.479. The van der Waals surface area contributed by atoms with Crippen LogP contribution < -0.4 is 4.80 Å². The van der Waals surface area contributed by atoms with Crippen molar-refractivity contribution in [3.05, 3.63) is 57.3 Å². The lowest BCUT2D eigenvalue weighted by atomic mass is 10.0. The number of halogens is 1. The van der Waals surface area contributed by atoms with E-state index in [1.165, 1.54) is 39.9 Å². The Bertz CT molecular complexity index is 1380. The number of rotatable bonds is 6. The number of fused-ring (bicyclic) bond motifs is 1. The predicted molar refractivity (Wildman–Crippen MR) is 135 cm³/mol. The van der Waals surface area contributed by atoms with Crippen molar-refractivity contribution in [2.45, 2.75) is 38.1 Å². The first-order valence-corrected chi connectivity index (χ1v) is 13.8. The summed E-state index contributed by atoms with van der Waals surface area (Å²) in [6, 6.07) is 9.80. The molecule has 1 fully saturated rings. The van der Waals surface area contributed by atoms with Crippen LogP contribution in [0.1, 0.15) is 35.7 Å². The predicted octanol–water partition coefficient (Wildman–Crippen LogP) is 4.47. The molecule has 2 aromatic carbocycles. The maximum Gasteiger partial charge on any atom is 0.279 e. The molecule has 1 atom stereocenters. The summed E-state index contributed by atoms with van der Waals surface area (Å²) in [6.07, 6.45) is 1.90. The van der Waals surface area contributed by atoms with Gasteiger partial charge in [-0.25, -0.2) is 8.42 Å². The van der Waals surface area contributed by atoms with E-state index in [9.17, 15) is 13.2 Å². The van der Waals surface area contributed by atoms with Gasteiger partial charge in [-0.15, -0.1) is 0 Å². The fourth-order valence-corrected chi connectivity index (χ4v) is 7.09. The van der Waals surface area contributed by atoms with Gasteiger partial charge < -0.3 is 9.30 Å². The van der Waals surface area contributed by atoms with E-state index in [0.29, 0.717) is 47.5 Å². The van der Waals surface area contributed by atoms with Crippen molar-refractivity contribution < 1.29 is 17.9 Å². The van der Waals surface area contributed by atoms with Gasteiger partial charge in [-0.05, 0) is 67.6 Å². The molecule has 1 amide bonds. The van der Waals surface area contributed by atoms with Crippen LogP contribution in [0.3, 0.4) is 0 Å². The first-order valence-electron chi connectivity index (χ1n) is 11.2. The number of sulfonamides is 1. The third kappa shape index (κ3) is 4.99. The highest BCUT2D eigenvalue weighted by molar-refractivity contribution is 7.89. The van der Waals surface area contributed by atoms with Crippen molar-refractivity contribution in [3.63, 3.8) is 0 Å². The lowest BCUT2D eigenvalue weighted by Crippen LogP contribution is -2.39. The molecule has 1 saturated heterocycles. The maximum atomic E-state index is 13.0. The van der Waals surface area contributed by atoms with E-state index >= 15 is 0 Å². The van der Waals surface area contributed by atoms with Gasteiger partial charge in [0, 0.05) is 37.3 Å². The highest BCUT2D eigenvalue weighted by atomic mass is 35.5. The first-order chi connectivity index (χ1) is 16.2. The van der Waals surface area contributed by atoms with Crippen LogP contribution in [0, 0.1) is 12.8 Å². The van der Waals surface area contributed by atoms with Crippen molar-refractivity contribution in [2.75, 3.05) is 26.8 Å². The van der Waals surface area contributed by atoms with Crippen molar-refractivity contribution in [1.82, 2.24) is 8.87 Å². The monoisotopic (exact) mass is 521 g/mol. The molecule has 182 valence electrons. The molecule has 0 saturated carbocycles. The molecular formula is C24H28ClN3O4S2. The Balaban J connectivity index is 1.66. The summed E-state index contributed by atoms with van der Waals surface area (Å²) in [5.74, 6) is -0.0928. The highest BCUT2D eigenvalue weighted by Gasteiger charge is 2.28. The van der Waals surface area contributed by atoms with E-state index in [0.717, 1.165) is 28.6 Å². The number of benzene rings is 2. The Labute approximate surface area is 208 Å². The largest absolute Gasteiger partial charge is 0.383 e. The van der Waals surface area contributed by atoms with E-state index in [-0.39, 0.29) is 4.90 Å². The van der Waals surface area contributed by atoms with E-state index in [2.05, 4.69) is 11.9 Å². The third-order valence-electron chi connectivity index (χ3n) is 6.10. The summed E-state index contributed by atoms with van der Waals surface area (Å²) in [7, 11) is -1.95. The fraction of sp³-hybridized carbons (Fsp3) is 0.417. The normalized spacial score (nSPS) is 18.0. The number of aromatic nitrogens is 1. The van der Waals surface area contributed by atoms with Gasteiger partial charge in [-0.2, -0.15) is 9.30 Å². The van der Waals surface area contributed by atoms with Gasteiger partial charge in [0.1, 0.15) is 0 Å². The number of methoxy groups -OCH3 is 1. The highest BCUT2D eigenvalue weighted by Crippen LogP contribution is 2.27. The molecule has 2 heterocycles. The van der Waals surface area contributed by atoms with Gasteiger partial charge >= 0.3 is 0 Å². The maximum absolute atomic E-state index is 13.0. The number of aryl methyl sites for hydroxylation is 1. The average molecular weight is 522 g/mol. The Hall–Kier alpha value is -2.04. The second-order valence-electron chi connectivity index (χ2n) is 8.60. The SMILES string of the molecule is COCCn1c(=NC(=O)c2ccc(S(=O)(=O)N3CCCC(C)C3)cc2)sc2ccc(Cl)c(C)c21. The second-order valence-corrected chi connectivity index (χ2v) is 12.0. The minimum Gasteiger partial charge on any atom is -0.383 e. The lowest BCUT2D eigenvalue weighted by Gasteiger charge is -2.30. The van der Waals surface area contributed by atoms with Crippen LogP contribution in [0.5, 0.6) is 0 Å². The van der Waals surface area contributed by atoms with Crippen molar-refractivity contribution in [2.24, 2.45) is 10.9 Å². The third-order valence-corrected chi connectivity index (χ3v) is 9.44. The van der Waals surface area contributed by atoms with E-state index in [1.54, 1.807) is 7.11 Å². The van der Waals surface area contributed by atoms with Crippen molar-refractivity contribution in [3.8, 4) is 0 Å². The Morgan fingerprint density at radius 2 is 1.97 bits per heavy atom. The Kier molecular flexibility index (Phi) is 7.59. The molecule has 10 heteroatoms. The number of thiazole rings is 1. The second kappa shape index (κ2) is 10.3. The number of nitrogens with zero attached hydrogens (tertiary/aromatic N) is 3. The van der Waals surface area contributed by atoms with Crippen LogP contribution in [0.4, 0.5) is 0 Å². The molecule has 7 nitrogen and oxygen atoms in total. The zero-order valence-electron chi connectivity index (χ0n) is 19.5. The van der Waals surface area contributed by atoms with Crippen LogP contribution >= 0.6 is 22.9 Å². The van der Waals surface area contributed by atoms with Gasteiger partial charge in [0.15, 0.2) is 4.80 Å². The molecule has 34 heavy (non-hydrogen) atoms. The number of amides is 1. The number of ether oxygens (including phenoxy) is 1. The number of carbonyl (C=O) groups excluding carboxylic acids is 1. The van der Waals surface area contributed by atoms with Crippen LogP contribution in [-0.2, 0) is 21.3 Å². The summed E-state index contributed by atoms with van der Waals surface area (Å²) < 4.78 is 35.7. The molecule has 0 spiro atoms. The summed E-state index contributed by atoms with van der Waals surface area (Å²) >= 11 is 7.74. The molecule has 0 N–H and O–H groups in total. The average Bonchev–Trinajstić information content (AvgIpc) is 3.17. The molecular weight excluding hydrogens is 494 g/mol. The molecule has 0 bridgehead atoms. The summed E-state index contributed by atoms with van der Waals surface area (Å²) in [4.78, 5) is 18.1. The number of piperidine rings is 1.